The summed E-state index contributed by atoms with van der Waals surface area (Å²) in [4.78, 5) is 11.9. The molecule has 108 valence electrons. The van der Waals surface area contributed by atoms with Crippen molar-refractivity contribution in [1.82, 2.24) is 10.6 Å². The van der Waals surface area contributed by atoms with Crippen LogP contribution in [-0.2, 0) is 4.79 Å². The van der Waals surface area contributed by atoms with Gasteiger partial charge in [0.2, 0.25) is 5.91 Å². The molecule has 0 fully saturated rings. The Hall–Kier alpha value is -0.570. The topological polar surface area (TPSA) is 41.1 Å². The third-order valence-electron chi connectivity index (χ3n) is 3.35. The SMILES string of the molecule is CCCCCC(C)(C)CNC(=O)C(C)CNCC. The molecule has 0 saturated heterocycles. The van der Waals surface area contributed by atoms with Crippen molar-refractivity contribution in [2.75, 3.05) is 19.6 Å². The minimum Gasteiger partial charge on any atom is -0.355 e. The summed E-state index contributed by atoms with van der Waals surface area (Å²) in [6, 6.07) is 0. The Bertz CT molecular complexity index is 227. The van der Waals surface area contributed by atoms with E-state index in [1.54, 1.807) is 0 Å². The average molecular weight is 256 g/mol. The molecular formula is C15H32N2O. The number of carbonyl (C=O) groups excluding carboxylic acids is 1. The van der Waals surface area contributed by atoms with Crippen molar-refractivity contribution in [2.24, 2.45) is 11.3 Å². The van der Waals surface area contributed by atoms with E-state index >= 15 is 0 Å². The smallest absolute Gasteiger partial charge is 0.224 e. The van der Waals surface area contributed by atoms with Gasteiger partial charge in [0.1, 0.15) is 0 Å². The molecular weight excluding hydrogens is 224 g/mol. The number of rotatable bonds is 10. The maximum Gasteiger partial charge on any atom is 0.224 e. The monoisotopic (exact) mass is 256 g/mol. The summed E-state index contributed by atoms with van der Waals surface area (Å²) in [5.74, 6) is 0.218. The second-order valence-corrected chi connectivity index (χ2v) is 6.05. The van der Waals surface area contributed by atoms with Crippen LogP contribution >= 0.6 is 0 Å². The van der Waals surface area contributed by atoms with Gasteiger partial charge in [0, 0.05) is 19.0 Å². The molecule has 0 radical (unpaired) electrons. The highest BCUT2D eigenvalue weighted by Crippen LogP contribution is 2.22. The maximum atomic E-state index is 11.9. The molecule has 2 N–H and O–H groups in total. The molecule has 0 aromatic carbocycles. The van der Waals surface area contributed by atoms with Gasteiger partial charge in [-0.2, -0.15) is 0 Å². The third kappa shape index (κ3) is 8.51. The van der Waals surface area contributed by atoms with Crippen LogP contribution < -0.4 is 10.6 Å². The summed E-state index contributed by atoms with van der Waals surface area (Å²) in [7, 11) is 0. The van der Waals surface area contributed by atoms with Crippen LogP contribution in [0.2, 0.25) is 0 Å². The van der Waals surface area contributed by atoms with Gasteiger partial charge >= 0.3 is 0 Å². The van der Waals surface area contributed by atoms with Gasteiger partial charge in [-0.3, -0.25) is 4.79 Å². The molecule has 0 aromatic rings. The Kier molecular flexibility index (Phi) is 9.08. The minimum atomic E-state index is 0.0522. The molecule has 0 heterocycles. The van der Waals surface area contributed by atoms with Gasteiger partial charge in [-0.05, 0) is 18.4 Å². The highest BCUT2D eigenvalue weighted by molar-refractivity contribution is 5.78. The van der Waals surface area contributed by atoms with Crippen LogP contribution in [0, 0.1) is 11.3 Å². The normalized spacial score (nSPS) is 13.4. The van der Waals surface area contributed by atoms with E-state index in [-0.39, 0.29) is 17.2 Å². The number of carbonyl (C=O) groups is 1. The van der Waals surface area contributed by atoms with Crippen LogP contribution in [-0.4, -0.2) is 25.5 Å². The highest BCUT2D eigenvalue weighted by Gasteiger charge is 2.20. The Morgan fingerprint density at radius 1 is 1.22 bits per heavy atom. The van der Waals surface area contributed by atoms with Crippen LogP contribution in [0.4, 0.5) is 0 Å². The quantitative estimate of drug-likeness (QED) is 0.590. The van der Waals surface area contributed by atoms with Gasteiger partial charge in [-0.25, -0.2) is 0 Å². The van der Waals surface area contributed by atoms with Gasteiger partial charge < -0.3 is 10.6 Å². The Morgan fingerprint density at radius 3 is 2.44 bits per heavy atom. The van der Waals surface area contributed by atoms with Crippen molar-refractivity contribution in [3.8, 4) is 0 Å². The zero-order chi connectivity index (χ0) is 14.0. The zero-order valence-corrected chi connectivity index (χ0v) is 12.9. The summed E-state index contributed by atoms with van der Waals surface area (Å²) < 4.78 is 0. The van der Waals surface area contributed by atoms with Crippen molar-refractivity contribution in [1.29, 1.82) is 0 Å². The first-order valence-electron chi connectivity index (χ1n) is 7.41. The van der Waals surface area contributed by atoms with Gasteiger partial charge in [0.15, 0.2) is 0 Å². The lowest BCUT2D eigenvalue weighted by Crippen LogP contribution is -2.40. The largest absolute Gasteiger partial charge is 0.355 e. The van der Waals surface area contributed by atoms with E-state index < -0.39 is 0 Å². The standard InChI is InChI=1S/C15H32N2O/c1-6-8-9-10-15(4,5)12-17-14(18)13(3)11-16-7-2/h13,16H,6-12H2,1-5H3,(H,17,18). The summed E-state index contributed by atoms with van der Waals surface area (Å²) >= 11 is 0. The fraction of sp³-hybridized carbons (Fsp3) is 0.933. The summed E-state index contributed by atoms with van der Waals surface area (Å²) in [6.45, 7) is 13.2. The van der Waals surface area contributed by atoms with E-state index in [1.807, 2.05) is 6.92 Å². The van der Waals surface area contributed by atoms with Crippen molar-refractivity contribution in [2.45, 2.75) is 60.3 Å². The molecule has 0 rings (SSSR count). The lowest BCUT2D eigenvalue weighted by molar-refractivity contribution is -0.124. The average Bonchev–Trinajstić information content (AvgIpc) is 2.33. The van der Waals surface area contributed by atoms with E-state index in [1.165, 1.54) is 25.7 Å². The predicted molar refractivity (Wildman–Crippen MR) is 78.6 cm³/mol. The third-order valence-corrected chi connectivity index (χ3v) is 3.35. The molecule has 1 atom stereocenters. The Morgan fingerprint density at radius 2 is 1.89 bits per heavy atom. The van der Waals surface area contributed by atoms with Gasteiger partial charge in [-0.1, -0.05) is 53.9 Å². The minimum absolute atomic E-state index is 0.0522. The molecule has 0 aromatic heterocycles. The first-order chi connectivity index (χ1) is 8.43. The number of hydrogen-bond donors (Lipinski definition) is 2. The number of amides is 1. The molecule has 3 nitrogen and oxygen atoms in total. The molecule has 0 aliphatic rings. The lowest BCUT2D eigenvalue weighted by atomic mass is 9.86. The van der Waals surface area contributed by atoms with E-state index in [9.17, 15) is 4.79 Å². The van der Waals surface area contributed by atoms with Crippen LogP contribution in [0.5, 0.6) is 0 Å². The molecule has 1 amide bonds. The molecule has 18 heavy (non-hydrogen) atoms. The Balaban J connectivity index is 3.87. The first-order valence-corrected chi connectivity index (χ1v) is 7.41. The molecule has 0 aliphatic heterocycles. The van der Waals surface area contributed by atoms with Crippen molar-refractivity contribution >= 4 is 5.91 Å². The summed E-state index contributed by atoms with van der Waals surface area (Å²) in [6.07, 6.45) is 4.98. The zero-order valence-electron chi connectivity index (χ0n) is 12.9. The molecule has 0 spiro atoms. The van der Waals surface area contributed by atoms with Gasteiger partial charge in [-0.15, -0.1) is 0 Å². The van der Waals surface area contributed by atoms with E-state index in [4.69, 9.17) is 0 Å². The second-order valence-electron chi connectivity index (χ2n) is 6.05. The summed E-state index contributed by atoms with van der Waals surface area (Å²) in [5, 5.41) is 6.29. The Labute approximate surface area is 113 Å². The molecule has 0 aliphatic carbocycles. The van der Waals surface area contributed by atoms with E-state index in [0.717, 1.165) is 19.6 Å². The van der Waals surface area contributed by atoms with Crippen LogP contribution in [0.15, 0.2) is 0 Å². The second kappa shape index (κ2) is 9.37. The number of nitrogens with one attached hydrogen (secondary N) is 2. The molecule has 1 unspecified atom stereocenters. The predicted octanol–water partition coefficient (Wildman–Crippen LogP) is 2.95. The van der Waals surface area contributed by atoms with Gasteiger partial charge in [0.05, 0.1) is 0 Å². The maximum absolute atomic E-state index is 11.9. The van der Waals surface area contributed by atoms with E-state index in [0.29, 0.717) is 0 Å². The van der Waals surface area contributed by atoms with Gasteiger partial charge in [0.25, 0.3) is 0 Å². The summed E-state index contributed by atoms with van der Waals surface area (Å²) in [5.41, 5.74) is 0.211. The van der Waals surface area contributed by atoms with Crippen LogP contribution in [0.1, 0.15) is 60.3 Å². The lowest BCUT2D eigenvalue weighted by Gasteiger charge is -2.26. The van der Waals surface area contributed by atoms with Crippen molar-refractivity contribution in [3.05, 3.63) is 0 Å². The van der Waals surface area contributed by atoms with Crippen molar-refractivity contribution in [3.63, 3.8) is 0 Å². The number of hydrogen-bond acceptors (Lipinski definition) is 2. The fourth-order valence-corrected chi connectivity index (χ4v) is 1.90. The van der Waals surface area contributed by atoms with Crippen LogP contribution in [0.25, 0.3) is 0 Å². The molecule has 0 saturated carbocycles. The number of unbranched alkanes of at least 4 members (excludes halogenated alkanes) is 2. The fourth-order valence-electron chi connectivity index (χ4n) is 1.90. The highest BCUT2D eigenvalue weighted by atomic mass is 16.1. The van der Waals surface area contributed by atoms with Crippen LogP contribution in [0.3, 0.4) is 0 Å². The van der Waals surface area contributed by atoms with E-state index in [2.05, 4.69) is 38.3 Å². The molecule has 3 heteroatoms. The first kappa shape index (κ1) is 17.4. The van der Waals surface area contributed by atoms with Crippen molar-refractivity contribution < 1.29 is 4.79 Å². The molecule has 0 bridgehead atoms.